The predicted octanol–water partition coefficient (Wildman–Crippen LogP) is 11.5. The summed E-state index contributed by atoms with van der Waals surface area (Å²) in [5.74, 6) is -1.98. The van der Waals surface area contributed by atoms with Gasteiger partial charge in [-0.1, -0.05) is 167 Å². The first-order valence-electron chi connectivity index (χ1n) is 17.3. The largest absolute Gasteiger partial charge is 0.481 e. The Morgan fingerprint density at radius 1 is 0.625 bits per heavy atom. The van der Waals surface area contributed by atoms with Crippen molar-refractivity contribution in [3.8, 4) is 0 Å². The number of ether oxygens (including phenoxy) is 1. The van der Waals surface area contributed by atoms with Crippen LogP contribution in [0.5, 0.6) is 0 Å². The summed E-state index contributed by atoms with van der Waals surface area (Å²) in [6.45, 7) is 5.92. The van der Waals surface area contributed by atoms with Gasteiger partial charge in [0.25, 0.3) is 0 Å². The highest BCUT2D eigenvalue weighted by atomic mass is 16.5. The van der Waals surface area contributed by atoms with Crippen molar-refractivity contribution in [1.82, 2.24) is 0 Å². The van der Waals surface area contributed by atoms with Crippen molar-refractivity contribution in [2.75, 3.05) is 6.61 Å². The van der Waals surface area contributed by atoms with E-state index in [1.165, 1.54) is 147 Å². The Hall–Kier alpha value is -1.58. The van der Waals surface area contributed by atoms with Crippen LogP contribution in [-0.4, -0.2) is 23.7 Å². The number of aliphatic carboxylic acids is 1. The Kier molecular flexibility index (Phi) is 30.7. The first kappa shape index (κ1) is 38.4. The van der Waals surface area contributed by atoms with Gasteiger partial charge in [0, 0.05) is 0 Å². The lowest BCUT2D eigenvalue weighted by molar-refractivity contribution is -0.151. The molecule has 0 aliphatic heterocycles. The Labute approximate surface area is 248 Å². The topological polar surface area (TPSA) is 63.6 Å². The van der Waals surface area contributed by atoms with E-state index in [4.69, 9.17) is 4.74 Å². The number of hydrogen-bond donors (Lipinski definition) is 1. The summed E-state index contributed by atoms with van der Waals surface area (Å²) < 4.78 is 4.91. The van der Waals surface area contributed by atoms with Crippen LogP contribution < -0.4 is 0 Å². The van der Waals surface area contributed by atoms with Crippen molar-refractivity contribution in [2.45, 2.75) is 180 Å². The van der Waals surface area contributed by atoms with Crippen molar-refractivity contribution in [3.63, 3.8) is 0 Å². The average molecular weight is 563 g/mol. The van der Waals surface area contributed by atoms with E-state index in [0.29, 0.717) is 6.42 Å². The van der Waals surface area contributed by atoms with Crippen molar-refractivity contribution < 1.29 is 19.4 Å². The summed E-state index contributed by atoms with van der Waals surface area (Å²) in [7, 11) is 0. The Morgan fingerprint density at radius 3 is 1.38 bits per heavy atom. The molecule has 234 valence electrons. The average Bonchev–Trinajstić information content (AvgIpc) is 2.94. The van der Waals surface area contributed by atoms with Crippen molar-refractivity contribution >= 4 is 11.9 Å². The van der Waals surface area contributed by atoms with Gasteiger partial charge in [0.15, 0.2) is 0 Å². The van der Waals surface area contributed by atoms with Crippen LogP contribution in [0.25, 0.3) is 0 Å². The second-order valence-corrected chi connectivity index (χ2v) is 11.8. The highest BCUT2D eigenvalue weighted by molar-refractivity contribution is 5.78. The van der Waals surface area contributed by atoms with Gasteiger partial charge in [0.2, 0.25) is 0 Å². The van der Waals surface area contributed by atoms with E-state index in [1.807, 2.05) is 0 Å². The molecule has 0 aromatic heterocycles. The van der Waals surface area contributed by atoms with Crippen LogP contribution in [0.1, 0.15) is 180 Å². The van der Waals surface area contributed by atoms with Crippen LogP contribution in [0, 0.1) is 5.92 Å². The van der Waals surface area contributed by atoms with Crippen molar-refractivity contribution in [3.05, 3.63) is 24.8 Å². The number of unbranched alkanes of at least 4 members (excludes halogenated alkanes) is 23. The van der Waals surface area contributed by atoms with Gasteiger partial charge in [-0.25, -0.2) is 0 Å². The molecule has 4 nitrogen and oxygen atoms in total. The third-order valence-electron chi connectivity index (χ3n) is 7.94. The van der Waals surface area contributed by atoms with Crippen LogP contribution in [0.4, 0.5) is 0 Å². The third-order valence-corrected chi connectivity index (χ3v) is 7.94. The van der Waals surface area contributed by atoms with Crippen LogP contribution in [0.15, 0.2) is 24.8 Å². The van der Waals surface area contributed by atoms with Gasteiger partial charge in [-0.3, -0.25) is 9.59 Å². The summed E-state index contributed by atoms with van der Waals surface area (Å²) in [5.41, 5.74) is 0. The maximum Gasteiger partial charge on any atom is 0.307 e. The van der Waals surface area contributed by atoms with E-state index < -0.39 is 17.9 Å². The molecule has 1 atom stereocenters. The molecule has 0 saturated carbocycles. The Bertz CT molecular complexity index is 598. The maximum atomic E-state index is 11.6. The van der Waals surface area contributed by atoms with E-state index in [0.717, 1.165) is 19.3 Å². The molecule has 0 aliphatic rings. The van der Waals surface area contributed by atoms with Crippen LogP contribution in [0.3, 0.4) is 0 Å². The first-order valence-corrected chi connectivity index (χ1v) is 17.3. The number of esters is 1. The molecule has 1 unspecified atom stereocenters. The molecule has 4 heteroatoms. The van der Waals surface area contributed by atoms with E-state index in [1.54, 1.807) is 0 Å². The highest BCUT2D eigenvalue weighted by Crippen LogP contribution is 2.18. The number of carbonyl (C=O) groups is 2. The molecular weight excluding hydrogens is 496 g/mol. The molecule has 0 amide bonds. The van der Waals surface area contributed by atoms with Crippen LogP contribution >= 0.6 is 0 Å². The molecule has 0 aliphatic carbocycles. The normalized spacial score (nSPS) is 12.1. The first-order chi connectivity index (χ1) is 19.6. The van der Waals surface area contributed by atoms with E-state index >= 15 is 0 Å². The van der Waals surface area contributed by atoms with Crippen molar-refractivity contribution in [1.29, 1.82) is 0 Å². The van der Waals surface area contributed by atoms with Crippen molar-refractivity contribution in [2.24, 2.45) is 5.92 Å². The molecule has 0 aromatic carbocycles. The van der Waals surface area contributed by atoms with E-state index in [-0.39, 0.29) is 13.0 Å². The molecule has 0 rings (SSSR count). The number of allylic oxidation sites excluding steroid dienone is 2. The fraction of sp³-hybridized carbons (Fsp3) is 0.833. The minimum atomic E-state index is -0.901. The molecule has 0 radical (unpaired) electrons. The zero-order valence-corrected chi connectivity index (χ0v) is 26.5. The number of carboxylic acid groups (broad SMARTS) is 1. The SMILES string of the molecule is C=CCOC(=O)CC(CCCCCCCCCCCCCC/C=C/CCCCCCCCCCCCC)C(=O)O. The van der Waals surface area contributed by atoms with E-state index in [9.17, 15) is 14.7 Å². The molecule has 0 bridgehead atoms. The molecule has 0 saturated heterocycles. The maximum absolute atomic E-state index is 11.6. The van der Waals surface area contributed by atoms with Gasteiger partial charge in [0.1, 0.15) is 6.61 Å². The number of carboxylic acids is 1. The lowest BCUT2D eigenvalue weighted by Crippen LogP contribution is -2.19. The number of hydrogen-bond acceptors (Lipinski definition) is 3. The summed E-state index contributed by atoms with van der Waals surface area (Å²) in [6.07, 6.45) is 40.0. The summed E-state index contributed by atoms with van der Waals surface area (Å²) in [5, 5.41) is 9.31. The third kappa shape index (κ3) is 29.4. The lowest BCUT2D eigenvalue weighted by Gasteiger charge is -2.11. The molecular formula is C36H66O4. The monoisotopic (exact) mass is 562 g/mol. The second kappa shape index (κ2) is 31.9. The van der Waals surface area contributed by atoms with Gasteiger partial charge in [-0.05, 0) is 32.1 Å². The van der Waals surface area contributed by atoms with E-state index in [2.05, 4.69) is 25.7 Å². The minimum Gasteiger partial charge on any atom is -0.481 e. The van der Waals surface area contributed by atoms with Gasteiger partial charge in [0.05, 0.1) is 12.3 Å². The molecule has 0 spiro atoms. The predicted molar refractivity (Wildman–Crippen MR) is 172 cm³/mol. The lowest BCUT2D eigenvalue weighted by atomic mass is 9.97. The van der Waals surface area contributed by atoms with Gasteiger partial charge in [-0.15, -0.1) is 0 Å². The zero-order chi connectivity index (χ0) is 29.4. The number of carbonyl (C=O) groups excluding carboxylic acids is 1. The van der Waals surface area contributed by atoms with Gasteiger partial charge < -0.3 is 9.84 Å². The fourth-order valence-corrected chi connectivity index (χ4v) is 5.31. The van der Waals surface area contributed by atoms with Gasteiger partial charge >= 0.3 is 11.9 Å². The zero-order valence-electron chi connectivity index (χ0n) is 26.5. The highest BCUT2D eigenvalue weighted by Gasteiger charge is 2.21. The van der Waals surface area contributed by atoms with Crippen LogP contribution in [0.2, 0.25) is 0 Å². The smallest absolute Gasteiger partial charge is 0.307 e. The molecule has 0 heterocycles. The second-order valence-electron chi connectivity index (χ2n) is 11.8. The molecule has 0 aromatic rings. The molecule has 0 fully saturated rings. The summed E-state index contributed by atoms with van der Waals surface area (Å²) in [6, 6.07) is 0. The van der Waals surface area contributed by atoms with Crippen LogP contribution in [-0.2, 0) is 14.3 Å². The molecule has 40 heavy (non-hydrogen) atoms. The fourth-order valence-electron chi connectivity index (χ4n) is 5.31. The number of rotatable bonds is 32. The summed E-state index contributed by atoms with van der Waals surface area (Å²) >= 11 is 0. The van der Waals surface area contributed by atoms with Gasteiger partial charge in [-0.2, -0.15) is 0 Å². The quantitative estimate of drug-likeness (QED) is 0.0503. The minimum absolute atomic E-state index is 0.0423. The standard InChI is InChI=1S/C36H66O4/c1-3-5-6-7-8-9-10-11-12-13-14-15-16-17-18-19-20-21-22-23-24-25-26-27-28-29-30-31-34(36(38)39)33-35(37)40-32-4-2/h4,16-17,34H,2-3,5-15,18-33H2,1H3,(H,38,39)/b17-16+. The molecule has 1 N–H and O–H groups in total. The Morgan fingerprint density at radius 2 is 1.00 bits per heavy atom. The summed E-state index contributed by atoms with van der Waals surface area (Å²) in [4.78, 5) is 23.0. The Balaban J connectivity index is 3.32.